The SMILES string of the molecule is CS(=O)(=O)Nc1ccc2c(c1)[S+]([O-])N=C(c1c(O)c3cccn3n(Cc3ccc(F)c(Cl)c3)c1=O)N2. The third-order valence-electron chi connectivity index (χ3n) is 5.37. The molecule has 10 nitrogen and oxygen atoms in total. The number of aromatic nitrogens is 2. The van der Waals surface area contributed by atoms with Crippen molar-refractivity contribution >= 4 is 55.7 Å². The zero-order valence-electron chi connectivity index (χ0n) is 18.4. The average molecular weight is 550 g/mol. The van der Waals surface area contributed by atoms with Gasteiger partial charge in [0, 0.05) is 12.3 Å². The van der Waals surface area contributed by atoms with Gasteiger partial charge in [-0.05, 0) is 46.4 Å². The van der Waals surface area contributed by atoms with Crippen LogP contribution in [0.25, 0.3) is 5.52 Å². The zero-order valence-corrected chi connectivity index (χ0v) is 20.8. The highest BCUT2D eigenvalue weighted by Gasteiger charge is 2.31. The molecule has 1 aliphatic heterocycles. The van der Waals surface area contributed by atoms with Crippen molar-refractivity contribution in [2.24, 2.45) is 4.40 Å². The van der Waals surface area contributed by atoms with Gasteiger partial charge in [0.05, 0.1) is 29.2 Å². The smallest absolute Gasteiger partial charge is 0.280 e. The van der Waals surface area contributed by atoms with Crippen LogP contribution >= 0.6 is 11.6 Å². The van der Waals surface area contributed by atoms with E-state index in [4.69, 9.17) is 11.6 Å². The number of rotatable bonds is 5. The van der Waals surface area contributed by atoms with Gasteiger partial charge in [-0.1, -0.05) is 17.7 Å². The molecule has 36 heavy (non-hydrogen) atoms. The van der Waals surface area contributed by atoms with Gasteiger partial charge in [0.25, 0.3) is 5.56 Å². The van der Waals surface area contributed by atoms with Crippen LogP contribution in [0.1, 0.15) is 11.1 Å². The molecule has 0 aliphatic carbocycles. The Morgan fingerprint density at radius 2 is 2.03 bits per heavy atom. The zero-order chi connectivity index (χ0) is 25.8. The van der Waals surface area contributed by atoms with E-state index in [-0.39, 0.29) is 44.8 Å². The summed E-state index contributed by atoms with van der Waals surface area (Å²) in [5.41, 5.74) is 0.469. The molecule has 1 atom stereocenters. The molecular weight excluding hydrogens is 533 g/mol. The minimum absolute atomic E-state index is 0.00916. The number of fused-ring (bicyclic) bond motifs is 2. The average Bonchev–Trinajstić information content (AvgIpc) is 3.29. The summed E-state index contributed by atoms with van der Waals surface area (Å²) in [6.07, 6.45) is 2.56. The Hall–Kier alpha value is -3.52. The summed E-state index contributed by atoms with van der Waals surface area (Å²) in [6, 6.07) is 11.6. The Morgan fingerprint density at radius 3 is 2.75 bits per heavy atom. The van der Waals surface area contributed by atoms with Gasteiger partial charge >= 0.3 is 0 Å². The number of amidine groups is 1. The van der Waals surface area contributed by atoms with Gasteiger partial charge < -0.3 is 15.0 Å². The molecule has 0 saturated carbocycles. The number of hydrogen-bond donors (Lipinski definition) is 3. The molecule has 3 N–H and O–H groups in total. The molecule has 3 heterocycles. The minimum atomic E-state index is -3.55. The second-order valence-electron chi connectivity index (χ2n) is 7.97. The van der Waals surface area contributed by atoms with Crippen LogP contribution in [0.15, 0.2) is 68.8 Å². The quantitative estimate of drug-likeness (QED) is 0.327. The van der Waals surface area contributed by atoms with Crippen molar-refractivity contribution in [1.82, 2.24) is 9.20 Å². The maximum Gasteiger partial charge on any atom is 0.280 e. The first-order valence-corrected chi connectivity index (χ1v) is 13.7. The van der Waals surface area contributed by atoms with Gasteiger partial charge in [0.15, 0.2) is 11.6 Å². The number of anilines is 2. The van der Waals surface area contributed by atoms with E-state index in [1.807, 2.05) is 0 Å². The van der Waals surface area contributed by atoms with E-state index in [1.165, 1.54) is 45.6 Å². The van der Waals surface area contributed by atoms with E-state index in [9.17, 15) is 27.3 Å². The van der Waals surface area contributed by atoms with Crippen LogP contribution in [0.5, 0.6) is 5.75 Å². The van der Waals surface area contributed by atoms with Crippen LogP contribution in [0.2, 0.25) is 5.02 Å². The first kappa shape index (κ1) is 24.2. The lowest BCUT2D eigenvalue weighted by atomic mass is 10.2. The van der Waals surface area contributed by atoms with Gasteiger partial charge in [-0.2, -0.15) is 0 Å². The van der Waals surface area contributed by atoms with E-state index in [0.29, 0.717) is 11.3 Å². The molecular formula is C22H17ClFN5O5S2. The predicted molar refractivity (Wildman–Crippen MR) is 135 cm³/mol. The topological polar surface area (TPSA) is 140 Å². The van der Waals surface area contributed by atoms with Crippen molar-refractivity contribution in [3.05, 3.63) is 87.0 Å². The summed E-state index contributed by atoms with van der Waals surface area (Å²) in [5, 5.41) is 13.8. The fourth-order valence-electron chi connectivity index (χ4n) is 3.84. The lowest BCUT2D eigenvalue weighted by Gasteiger charge is -2.21. The van der Waals surface area contributed by atoms with E-state index in [2.05, 4.69) is 14.4 Å². The molecule has 0 amide bonds. The molecule has 1 unspecified atom stereocenters. The Labute approximate surface area is 212 Å². The number of benzene rings is 2. The van der Waals surface area contributed by atoms with Crippen molar-refractivity contribution in [3.8, 4) is 5.75 Å². The molecule has 14 heteroatoms. The Morgan fingerprint density at radius 1 is 1.25 bits per heavy atom. The minimum Gasteiger partial charge on any atom is -0.586 e. The maximum atomic E-state index is 13.6. The van der Waals surface area contributed by atoms with Crippen LogP contribution in [0.4, 0.5) is 15.8 Å². The number of sulfonamides is 1. The summed E-state index contributed by atoms with van der Waals surface area (Å²) in [7, 11) is -3.55. The van der Waals surface area contributed by atoms with Gasteiger partial charge in [-0.25, -0.2) is 17.5 Å². The van der Waals surface area contributed by atoms with Gasteiger partial charge in [-0.15, -0.1) is 0 Å². The highest BCUT2D eigenvalue weighted by Crippen LogP contribution is 2.33. The highest BCUT2D eigenvalue weighted by atomic mass is 35.5. The Kier molecular flexibility index (Phi) is 5.95. The Balaban J connectivity index is 1.60. The lowest BCUT2D eigenvalue weighted by molar-refractivity contribution is 0.466. The van der Waals surface area contributed by atoms with Crippen LogP contribution in [-0.2, 0) is 27.9 Å². The second-order valence-corrected chi connectivity index (χ2v) is 11.2. The van der Waals surface area contributed by atoms with Gasteiger partial charge in [0.2, 0.25) is 14.9 Å². The fourth-order valence-corrected chi connectivity index (χ4v) is 5.53. The molecule has 186 valence electrons. The highest BCUT2D eigenvalue weighted by molar-refractivity contribution is 7.92. The van der Waals surface area contributed by atoms with Crippen LogP contribution in [-0.4, -0.2) is 39.4 Å². The first-order chi connectivity index (χ1) is 17.0. The van der Waals surface area contributed by atoms with E-state index in [1.54, 1.807) is 18.3 Å². The summed E-state index contributed by atoms with van der Waals surface area (Å²) in [5.74, 6) is -1.09. The number of halogens is 2. The van der Waals surface area contributed by atoms with Crippen molar-refractivity contribution in [2.75, 3.05) is 16.3 Å². The largest absolute Gasteiger partial charge is 0.586 e. The fraction of sp³-hybridized carbons (Fsp3) is 0.0909. The molecule has 0 saturated heterocycles. The van der Waals surface area contributed by atoms with E-state index >= 15 is 0 Å². The van der Waals surface area contributed by atoms with Crippen molar-refractivity contribution in [1.29, 1.82) is 0 Å². The van der Waals surface area contributed by atoms with E-state index in [0.717, 1.165) is 6.26 Å². The van der Waals surface area contributed by atoms with Crippen LogP contribution in [0.3, 0.4) is 0 Å². The summed E-state index contributed by atoms with van der Waals surface area (Å²) in [6.45, 7) is -0.00916. The standard InChI is InChI=1S/C22H17ClFN5O5S2/c1-36(33,34)27-13-5-7-16-18(10-13)35(32)26-21(25-16)19-20(30)17-3-2-8-28(17)29(22(19)31)11-12-4-6-15(24)14(23)9-12/h2-10,27,30H,11H2,1H3,(H,25,26). The molecule has 0 radical (unpaired) electrons. The third-order valence-corrected chi connectivity index (χ3v) is 7.33. The van der Waals surface area contributed by atoms with Crippen molar-refractivity contribution < 1.29 is 22.5 Å². The van der Waals surface area contributed by atoms with E-state index < -0.39 is 32.8 Å². The summed E-state index contributed by atoms with van der Waals surface area (Å²) >= 11 is 3.89. The third kappa shape index (κ3) is 4.41. The summed E-state index contributed by atoms with van der Waals surface area (Å²) < 4.78 is 58.7. The normalized spacial score (nSPS) is 15.3. The number of aromatic hydroxyl groups is 1. The lowest BCUT2D eigenvalue weighted by Crippen LogP contribution is -2.35. The number of nitrogens with one attached hydrogen (secondary N) is 2. The molecule has 4 aromatic rings. The van der Waals surface area contributed by atoms with Crippen molar-refractivity contribution in [3.63, 3.8) is 0 Å². The predicted octanol–water partition coefficient (Wildman–Crippen LogP) is 2.91. The van der Waals surface area contributed by atoms with Crippen LogP contribution in [0, 0.1) is 5.82 Å². The molecule has 5 rings (SSSR count). The first-order valence-electron chi connectivity index (χ1n) is 10.3. The molecule has 1 aliphatic rings. The molecule has 0 fully saturated rings. The molecule has 0 spiro atoms. The number of hydrogen-bond acceptors (Lipinski definition) is 7. The maximum absolute atomic E-state index is 13.6. The number of nitrogens with zero attached hydrogens (tertiary/aromatic N) is 3. The summed E-state index contributed by atoms with van der Waals surface area (Å²) in [4.78, 5) is 13.8. The van der Waals surface area contributed by atoms with Crippen molar-refractivity contribution in [2.45, 2.75) is 11.4 Å². The molecule has 0 bridgehead atoms. The van der Waals surface area contributed by atoms with Crippen LogP contribution < -0.4 is 15.6 Å². The van der Waals surface area contributed by atoms with Gasteiger partial charge in [0.1, 0.15) is 28.3 Å². The molecule has 2 aromatic heterocycles. The second kappa shape index (κ2) is 8.85. The monoisotopic (exact) mass is 549 g/mol. The van der Waals surface area contributed by atoms with Gasteiger partial charge in [-0.3, -0.25) is 14.0 Å². The molecule has 2 aromatic carbocycles. The Bertz CT molecular complexity index is 1730.